The number of nitrogens with zero attached hydrogens (tertiary/aromatic N) is 2. The van der Waals surface area contributed by atoms with Crippen molar-refractivity contribution in [2.45, 2.75) is 33.3 Å². The summed E-state index contributed by atoms with van der Waals surface area (Å²) in [7, 11) is 1.85. The van der Waals surface area contributed by atoms with Crippen molar-refractivity contribution in [3.8, 4) is 0 Å². The highest BCUT2D eigenvalue weighted by Crippen LogP contribution is 2.22. The molecule has 0 aliphatic carbocycles. The topological polar surface area (TPSA) is 76.1 Å². The Labute approximate surface area is 96.6 Å². The maximum absolute atomic E-state index is 9.70. The van der Waals surface area contributed by atoms with E-state index in [1.54, 1.807) is 4.68 Å². The van der Waals surface area contributed by atoms with E-state index in [0.29, 0.717) is 12.2 Å². The second-order valence-corrected chi connectivity index (χ2v) is 4.38. The zero-order valence-corrected chi connectivity index (χ0v) is 10.5. The van der Waals surface area contributed by atoms with Crippen molar-refractivity contribution in [3.63, 3.8) is 0 Å². The van der Waals surface area contributed by atoms with Gasteiger partial charge in [0.25, 0.3) is 0 Å². The molecule has 0 amide bonds. The van der Waals surface area contributed by atoms with Crippen LogP contribution < -0.4 is 11.1 Å². The van der Waals surface area contributed by atoms with Gasteiger partial charge in [-0.3, -0.25) is 4.68 Å². The molecule has 16 heavy (non-hydrogen) atoms. The highest BCUT2D eigenvalue weighted by atomic mass is 16.3. The molecule has 0 saturated heterocycles. The number of nitrogens with two attached hydrogens (primary N) is 1. The highest BCUT2D eigenvalue weighted by Gasteiger charge is 2.14. The number of anilines is 2. The van der Waals surface area contributed by atoms with Crippen LogP contribution in [0, 0.1) is 5.92 Å². The SMILES string of the molecule is CCc1nn(C)c(NCC(O)C(C)C)c1N. The van der Waals surface area contributed by atoms with Crippen LogP contribution in [0.4, 0.5) is 11.5 Å². The summed E-state index contributed by atoms with van der Waals surface area (Å²) in [6, 6.07) is 0. The minimum Gasteiger partial charge on any atom is -0.394 e. The smallest absolute Gasteiger partial charge is 0.147 e. The number of aliphatic hydroxyl groups is 1. The molecule has 0 spiro atoms. The zero-order valence-electron chi connectivity index (χ0n) is 10.5. The summed E-state index contributed by atoms with van der Waals surface area (Å²) in [4.78, 5) is 0. The Balaban J connectivity index is 2.70. The predicted molar refractivity (Wildman–Crippen MR) is 66.3 cm³/mol. The van der Waals surface area contributed by atoms with E-state index in [4.69, 9.17) is 5.73 Å². The summed E-state index contributed by atoms with van der Waals surface area (Å²) < 4.78 is 1.72. The van der Waals surface area contributed by atoms with Crippen LogP contribution in [0.3, 0.4) is 0 Å². The minimum absolute atomic E-state index is 0.229. The molecule has 0 aliphatic rings. The monoisotopic (exact) mass is 226 g/mol. The third kappa shape index (κ3) is 2.66. The molecule has 5 heteroatoms. The van der Waals surface area contributed by atoms with Crippen LogP contribution in [-0.4, -0.2) is 27.5 Å². The molecule has 0 saturated carbocycles. The van der Waals surface area contributed by atoms with E-state index in [2.05, 4.69) is 10.4 Å². The van der Waals surface area contributed by atoms with Gasteiger partial charge < -0.3 is 16.2 Å². The molecule has 1 unspecified atom stereocenters. The lowest BCUT2D eigenvalue weighted by Crippen LogP contribution is -2.25. The van der Waals surface area contributed by atoms with Gasteiger partial charge in [0.15, 0.2) is 0 Å². The van der Waals surface area contributed by atoms with E-state index >= 15 is 0 Å². The number of rotatable bonds is 5. The van der Waals surface area contributed by atoms with E-state index in [9.17, 15) is 5.11 Å². The first kappa shape index (κ1) is 12.8. The summed E-state index contributed by atoms with van der Waals surface area (Å²) in [5.41, 5.74) is 7.52. The number of nitrogens with one attached hydrogen (secondary N) is 1. The van der Waals surface area contributed by atoms with Gasteiger partial charge in [0.2, 0.25) is 0 Å². The third-order valence-electron chi connectivity index (χ3n) is 2.74. The molecule has 1 rings (SSSR count). The largest absolute Gasteiger partial charge is 0.394 e. The molecular formula is C11H22N4O. The molecule has 92 valence electrons. The van der Waals surface area contributed by atoms with Crippen LogP contribution in [-0.2, 0) is 13.5 Å². The van der Waals surface area contributed by atoms with Gasteiger partial charge in [-0.2, -0.15) is 5.10 Å². The minimum atomic E-state index is -0.376. The van der Waals surface area contributed by atoms with Gasteiger partial charge >= 0.3 is 0 Å². The maximum Gasteiger partial charge on any atom is 0.147 e. The Bertz CT molecular complexity index is 346. The first-order chi connectivity index (χ1) is 7.47. The molecule has 1 aromatic rings. The standard InChI is InChI=1S/C11H22N4O/c1-5-8-10(12)11(15(4)14-8)13-6-9(16)7(2)3/h7,9,13,16H,5-6,12H2,1-4H3. The second kappa shape index (κ2) is 5.21. The highest BCUT2D eigenvalue weighted by molar-refractivity contribution is 5.65. The quantitative estimate of drug-likeness (QED) is 0.700. The first-order valence-electron chi connectivity index (χ1n) is 5.70. The van der Waals surface area contributed by atoms with Crippen molar-refractivity contribution in [2.75, 3.05) is 17.6 Å². The molecular weight excluding hydrogens is 204 g/mol. The molecule has 0 radical (unpaired) electrons. The fourth-order valence-electron chi connectivity index (χ4n) is 1.50. The second-order valence-electron chi connectivity index (χ2n) is 4.38. The lowest BCUT2D eigenvalue weighted by atomic mass is 10.1. The van der Waals surface area contributed by atoms with E-state index in [-0.39, 0.29) is 12.0 Å². The van der Waals surface area contributed by atoms with E-state index in [1.807, 2.05) is 27.8 Å². The number of aliphatic hydroxyl groups excluding tert-OH is 1. The van der Waals surface area contributed by atoms with Crippen molar-refractivity contribution in [1.29, 1.82) is 0 Å². The Morgan fingerprint density at radius 3 is 2.56 bits per heavy atom. The Morgan fingerprint density at radius 2 is 2.12 bits per heavy atom. The van der Waals surface area contributed by atoms with Crippen LogP contribution >= 0.6 is 0 Å². The first-order valence-corrected chi connectivity index (χ1v) is 5.70. The molecule has 0 bridgehead atoms. The van der Waals surface area contributed by atoms with Crippen molar-refractivity contribution in [1.82, 2.24) is 9.78 Å². The van der Waals surface area contributed by atoms with Gasteiger partial charge in [-0.25, -0.2) is 0 Å². The van der Waals surface area contributed by atoms with Gasteiger partial charge in [-0.1, -0.05) is 20.8 Å². The van der Waals surface area contributed by atoms with Crippen LogP contribution in [0.25, 0.3) is 0 Å². The number of hydrogen-bond donors (Lipinski definition) is 3. The van der Waals surface area contributed by atoms with Gasteiger partial charge in [-0.05, 0) is 12.3 Å². The Hall–Kier alpha value is -1.23. The summed E-state index contributed by atoms with van der Waals surface area (Å²) in [6.45, 7) is 6.48. The third-order valence-corrected chi connectivity index (χ3v) is 2.74. The van der Waals surface area contributed by atoms with Crippen LogP contribution in [0.15, 0.2) is 0 Å². The molecule has 4 N–H and O–H groups in total. The van der Waals surface area contributed by atoms with Crippen molar-refractivity contribution in [2.24, 2.45) is 13.0 Å². The maximum atomic E-state index is 9.70. The summed E-state index contributed by atoms with van der Waals surface area (Å²) in [6.07, 6.45) is 0.438. The fourth-order valence-corrected chi connectivity index (χ4v) is 1.50. The molecule has 1 heterocycles. The Kier molecular flexibility index (Phi) is 4.18. The summed E-state index contributed by atoms with van der Waals surface area (Å²) in [5, 5.41) is 17.1. The van der Waals surface area contributed by atoms with Crippen LogP contribution in [0.2, 0.25) is 0 Å². The normalized spacial score (nSPS) is 13.1. The average Bonchev–Trinajstić information content (AvgIpc) is 2.51. The lowest BCUT2D eigenvalue weighted by molar-refractivity contribution is 0.138. The predicted octanol–water partition coefficient (Wildman–Crippen LogP) is 0.993. The van der Waals surface area contributed by atoms with Gasteiger partial charge in [0.1, 0.15) is 5.82 Å². The van der Waals surface area contributed by atoms with Gasteiger partial charge in [0, 0.05) is 13.6 Å². The molecule has 0 aromatic carbocycles. The van der Waals surface area contributed by atoms with Gasteiger partial charge in [-0.15, -0.1) is 0 Å². The molecule has 0 fully saturated rings. The van der Waals surface area contributed by atoms with Crippen LogP contribution in [0.5, 0.6) is 0 Å². The zero-order chi connectivity index (χ0) is 12.3. The summed E-state index contributed by atoms with van der Waals surface area (Å²) in [5.74, 6) is 1.02. The van der Waals surface area contributed by atoms with E-state index < -0.39 is 0 Å². The van der Waals surface area contributed by atoms with Crippen molar-refractivity contribution in [3.05, 3.63) is 5.69 Å². The molecule has 1 aromatic heterocycles. The number of aromatic nitrogens is 2. The van der Waals surface area contributed by atoms with Crippen molar-refractivity contribution >= 4 is 11.5 Å². The fraction of sp³-hybridized carbons (Fsp3) is 0.727. The molecule has 0 aliphatic heterocycles. The average molecular weight is 226 g/mol. The van der Waals surface area contributed by atoms with Crippen molar-refractivity contribution < 1.29 is 5.11 Å². The van der Waals surface area contributed by atoms with Crippen LogP contribution in [0.1, 0.15) is 26.5 Å². The number of hydrogen-bond acceptors (Lipinski definition) is 4. The molecule has 5 nitrogen and oxygen atoms in total. The Morgan fingerprint density at radius 1 is 1.50 bits per heavy atom. The number of nitrogen functional groups attached to an aromatic ring is 1. The summed E-state index contributed by atoms with van der Waals surface area (Å²) >= 11 is 0. The number of aryl methyl sites for hydroxylation is 2. The lowest BCUT2D eigenvalue weighted by Gasteiger charge is -2.16. The van der Waals surface area contributed by atoms with E-state index in [0.717, 1.165) is 17.9 Å². The molecule has 1 atom stereocenters. The van der Waals surface area contributed by atoms with E-state index in [1.165, 1.54) is 0 Å². The van der Waals surface area contributed by atoms with Gasteiger partial charge in [0.05, 0.1) is 17.5 Å².